The highest BCUT2D eigenvalue weighted by Crippen LogP contribution is 2.34. The van der Waals surface area contributed by atoms with Gasteiger partial charge in [-0.15, -0.1) is 0 Å². The number of hydrogen-bond donors (Lipinski definition) is 1. The summed E-state index contributed by atoms with van der Waals surface area (Å²) in [5.41, 5.74) is -1.37. The number of rotatable bonds is 4. The number of nitriles is 1. The first-order valence-corrected chi connectivity index (χ1v) is 9.41. The monoisotopic (exact) mass is 393 g/mol. The summed E-state index contributed by atoms with van der Waals surface area (Å²) in [7, 11) is 0. The predicted molar refractivity (Wildman–Crippen MR) is 96.1 cm³/mol. The van der Waals surface area contributed by atoms with Crippen LogP contribution in [-0.4, -0.2) is 29.4 Å². The summed E-state index contributed by atoms with van der Waals surface area (Å²) in [6.07, 6.45) is -3.85. The molecule has 4 nitrogen and oxygen atoms in total. The van der Waals surface area contributed by atoms with E-state index in [-0.39, 0.29) is 0 Å². The van der Waals surface area contributed by atoms with Crippen molar-refractivity contribution in [1.29, 1.82) is 5.26 Å². The first kappa shape index (κ1) is 19.4. The summed E-state index contributed by atoms with van der Waals surface area (Å²) >= 11 is 0.820. The van der Waals surface area contributed by atoms with Gasteiger partial charge in [0.1, 0.15) is 5.54 Å². The molecule has 1 fully saturated rings. The van der Waals surface area contributed by atoms with Gasteiger partial charge in [0.2, 0.25) is 0 Å². The van der Waals surface area contributed by atoms with Crippen molar-refractivity contribution in [1.82, 2.24) is 10.2 Å². The maximum atomic E-state index is 13.0. The zero-order chi connectivity index (χ0) is 19.5. The van der Waals surface area contributed by atoms with E-state index in [0.29, 0.717) is 25.9 Å². The van der Waals surface area contributed by atoms with E-state index < -0.39 is 28.7 Å². The number of amides is 1. The van der Waals surface area contributed by atoms with E-state index in [4.69, 9.17) is 0 Å². The van der Waals surface area contributed by atoms with Gasteiger partial charge in [-0.05, 0) is 18.4 Å². The van der Waals surface area contributed by atoms with Crippen molar-refractivity contribution >= 4 is 17.2 Å². The molecule has 2 aromatic rings. The Hall–Kier alpha value is -2.37. The molecule has 0 atom stereocenters. The minimum atomic E-state index is -4.59. The summed E-state index contributed by atoms with van der Waals surface area (Å²) in [6, 6.07) is 12.0. The van der Waals surface area contributed by atoms with Gasteiger partial charge in [-0.25, -0.2) is 0 Å². The van der Waals surface area contributed by atoms with Crippen LogP contribution in [0.5, 0.6) is 0 Å². The largest absolute Gasteiger partial charge is 0.417 e. The second-order valence-electron chi connectivity index (χ2n) is 6.61. The third kappa shape index (κ3) is 4.49. The number of alkyl halides is 3. The number of hydrogen-bond acceptors (Lipinski definition) is 4. The minimum absolute atomic E-state index is 0.369. The molecule has 0 radical (unpaired) electrons. The summed E-state index contributed by atoms with van der Waals surface area (Å²) in [5, 5.41) is 14.2. The molecule has 0 aliphatic carbocycles. The maximum absolute atomic E-state index is 13.0. The maximum Gasteiger partial charge on any atom is 0.417 e. The van der Waals surface area contributed by atoms with Gasteiger partial charge in [0.25, 0.3) is 5.91 Å². The molecule has 0 unspecified atom stereocenters. The molecule has 0 bridgehead atoms. The molecule has 0 saturated carbocycles. The topological polar surface area (TPSA) is 56.1 Å². The first-order valence-electron chi connectivity index (χ1n) is 8.46. The number of benzene rings is 1. The van der Waals surface area contributed by atoms with Gasteiger partial charge in [-0.3, -0.25) is 9.69 Å². The Kier molecular flexibility index (Phi) is 5.53. The van der Waals surface area contributed by atoms with Crippen LogP contribution in [0.25, 0.3) is 0 Å². The van der Waals surface area contributed by atoms with Crippen molar-refractivity contribution in [2.45, 2.75) is 31.1 Å². The van der Waals surface area contributed by atoms with Crippen LogP contribution in [0.1, 0.15) is 34.3 Å². The molecule has 1 amide bonds. The minimum Gasteiger partial charge on any atom is -0.334 e. The smallest absolute Gasteiger partial charge is 0.334 e. The molecule has 1 N–H and O–H groups in total. The van der Waals surface area contributed by atoms with Crippen LogP contribution in [0.3, 0.4) is 0 Å². The van der Waals surface area contributed by atoms with Gasteiger partial charge >= 0.3 is 6.18 Å². The van der Waals surface area contributed by atoms with E-state index in [0.717, 1.165) is 28.8 Å². The lowest BCUT2D eigenvalue weighted by atomic mass is 9.88. The van der Waals surface area contributed by atoms with Gasteiger partial charge in [0.05, 0.1) is 17.2 Å². The molecule has 27 heavy (non-hydrogen) atoms. The molecule has 1 aliphatic heterocycles. The molecule has 1 aliphatic rings. The molecule has 3 rings (SSSR count). The Balaban J connectivity index is 1.65. The van der Waals surface area contributed by atoms with Crippen molar-refractivity contribution in [3.05, 3.63) is 57.8 Å². The highest BCUT2D eigenvalue weighted by Gasteiger charge is 2.40. The van der Waals surface area contributed by atoms with Crippen molar-refractivity contribution in [3.8, 4) is 6.07 Å². The van der Waals surface area contributed by atoms with Crippen molar-refractivity contribution in [2.24, 2.45) is 0 Å². The number of piperidine rings is 1. The fourth-order valence-corrected chi connectivity index (χ4v) is 4.01. The number of likely N-dealkylation sites (tertiary alicyclic amines) is 1. The molecule has 142 valence electrons. The summed E-state index contributed by atoms with van der Waals surface area (Å²) in [5.74, 6) is -0.846. The molecule has 1 aromatic carbocycles. The van der Waals surface area contributed by atoms with E-state index >= 15 is 0 Å². The van der Waals surface area contributed by atoms with Crippen molar-refractivity contribution < 1.29 is 18.0 Å². The first-order chi connectivity index (χ1) is 12.8. The molecular weight excluding hydrogens is 375 g/mol. The zero-order valence-corrected chi connectivity index (χ0v) is 15.2. The molecule has 2 heterocycles. The Morgan fingerprint density at radius 1 is 1.22 bits per heavy atom. The van der Waals surface area contributed by atoms with Gasteiger partial charge in [-0.2, -0.15) is 29.8 Å². The fourth-order valence-electron chi connectivity index (χ4n) is 3.18. The number of carbonyl (C=O) groups is 1. The lowest BCUT2D eigenvalue weighted by molar-refractivity contribution is -0.137. The fraction of sp³-hybridized carbons (Fsp3) is 0.368. The van der Waals surface area contributed by atoms with E-state index in [9.17, 15) is 23.2 Å². The second kappa shape index (κ2) is 7.71. The molecular formula is C19H18F3N3OS. The number of halogens is 3. The van der Waals surface area contributed by atoms with Crippen LogP contribution in [0.2, 0.25) is 0 Å². The lowest BCUT2D eigenvalue weighted by Crippen LogP contribution is -2.54. The SMILES string of the molecule is N#CC1(NC(=O)c2cscc2C(F)(F)F)CCN(Cc2ccccc2)CC1. The van der Waals surface area contributed by atoms with Crippen LogP contribution < -0.4 is 5.32 Å². The van der Waals surface area contributed by atoms with E-state index in [1.54, 1.807) is 0 Å². The van der Waals surface area contributed by atoms with Crippen LogP contribution in [0.4, 0.5) is 13.2 Å². The van der Waals surface area contributed by atoms with Crippen LogP contribution in [-0.2, 0) is 12.7 Å². The van der Waals surface area contributed by atoms with E-state index in [2.05, 4.69) is 16.3 Å². The lowest BCUT2D eigenvalue weighted by Gasteiger charge is -2.37. The Morgan fingerprint density at radius 2 is 1.89 bits per heavy atom. The van der Waals surface area contributed by atoms with Gasteiger partial charge < -0.3 is 5.32 Å². The number of nitrogens with one attached hydrogen (secondary N) is 1. The van der Waals surface area contributed by atoms with Crippen molar-refractivity contribution in [2.75, 3.05) is 13.1 Å². The van der Waals surface area contributed by atoms with Gasteiger partial charge in [0, 0.05) is 30.4 Å². The summed E-state index contributed by atoms with van der Waals surface area (Å²) in [6.45, 7) is 1.90. The zero-order valence-electron chi connectivity index (χ0n) is 14.4. The third-order valence-corrected chi connectivity index (χ3v) is 5.48. The highest BCUT2D eigenvalue weighted by molar-refractivity contribution is 7.08. The molecule has 1 aromatic heterocycles. The van der Waals surface area contributed by atoms with Crippen LogP contribution in [0.15, 0.2) is 41.1 Å². The normalized spacial score (nSPS) is 17.3. The third-order valence-electron chi connectivity index (χ3n) is 4.74. The van der Waals surface area contributed by atoms with Crippen molar-refractivity contribution in [3.63, 3.8) is 0 Å². The Morgan fingerprint density at radius 3 is 2.48 bits per heavy atom. The summed E-state index contributed by atoms with van der Waals surface area (Å²) < 4.78 is 39.0. The molecule has 1 saturated heterocycles. The number of thiophene rings is 1. The van der Waals surface area contributed by atoms with E-state index in [1.165, 1.54) is 5.38 Å². The predicted octanol–water partition coefficient (Wildman–Crippen LogP) is 4.06. The number of carbonyl (C=O) groups excluding carboxylic acids is 1. The standard InChI is InChI=1S/C19H18F3N3OS/c20-19(21,22)16-12-27-11-15(16)17(26)24-18(13-23)6-8-25(9-7-18)10-14-4-2-1-3-5-14/h1-5,11-12H,6-10H2,(H,24,26). The van der Waals surface area contributed by atoms with Gasteiger partial charge in [0.15, 0.2) is 0 Å². The average molecular weight is 393 g/mol. The van der Waals surface area contributed by atoms with Crippen LogP contribution in [0, 0.1) is 11.3 Å². The quantitative estimate of drug-likeness (QED) is 0.853. The second-order valence-corrected chi connectivity index (χ2v) is 7.35. The molecule has 8 heteroatoms. The van der Waals surface area contributed by atoms with Gasteiger partial charge in [-0.1, -0.05) is 30.3 Å². The average Bonchev–Trinajstić information content (AvgIpc) is 3.15. The van der Waals surface area contributed by atoms with E-state index in [1.807, 2.05) is 30.3 Å². The van der Waals surface area contributed by atoms with Crippen LogP contribution >= 0.6 is 11.3 Å². The number of nitrogens with zero attached hydrogens (tertiary/aromatic N) is 2. The highest BCUT2D eigenvalue weighted by atomic mass is 32.1. The molecule has 0 spiro atoms. The summed E-state index contributed by atoms with van der Waals surface area (Å²) in [4.78, 5) is 14.6. The Bertz CT molecular complexity index is 834. The Labute approximate surface area is 159 Å².